The summed E-state index contributed by atoms with van der Waals surface area (Å²) in [6.45, 7) is 2.09. The molecular formula is C42H43ClN4O8. The van der Waals surface area contributed by atoms with Crippen LogP contribution in [0.2, 0.25) is 5.02 Å². The molecule has 2 unspecified atom stereocenters. The first-order valence-electron chi connectivity index (χ1n) is 18.0. The molecule has 1 aliphatic rings. The van der Waals surface area contributed by atoms with Crippen LogP contribution >= 0.6 is 11.6 Å². The van der Waals surface area contributed by atoms with Crippen molar-refractivity contribution in [3.63, 3.8) is 0 Å². The van der Waals surface area contributed by atoms with Crippen molar-refractivity contribution in [2.75, 3.05) is 27.3 Å². The van der Waals surface area contributed by atoms with E-state index >= 15 is 0 Å². The van der Waals surface area contributed by atoms with Crippen molar-refractivity contribution in [1.29, 1.82) is 5.26 Å². The molecule has 55 heavy (non-hydrogen) atoms. The number of pyridine rings is 1. The average molecular weight is 767 g/mol. The van der Waals surface area contributed by atoms with Gasteiger partial charge in [-0.25, -0.2) is 9.59 Å². The van der Waals surface area contributed by atoms with Crippen molar-refractivity contribution in [2.45, 2.75) is 63.8 Å². The van der Waals surface area contributed by atoms with Gasteiger partial charge < -0.3 is 24.1 Å². The summed E-state index contributed by atoms with van der Waals surface area (Å²) in [7, 11) is 3.29. The maximum Gasteiger partial charge on any atom is 0.338 e. The number of ketones is 1. The summed E-state index contributed by atoms with van der Waals surface area (Å²) in [6, 6.07) is 21.0. The van der Waals surface area contributed by atoms with Crippen molar-refractivity contribution in [3.8, 4) is 22.9 Å². The molecule has 286 valence electrons. The molecule has 12 nitrogen and oxygen atoms in total. The van der Waals surface area contributed by atoms with Crippen molar-refractivity contribution in [2.24, 2.45) is 0 Å². The lowest BCUT2D eigenvalue weighted by Gasteiger charge is -2.32. The second-order valence-electron chi connectivity index (χ2n) is 13.3. The van der Waals surface area contributed by atoms with Gasteiger partial charge >= 0.3 is 11.9 Å². The Labute approximate surface area is 324 Å². The van der Waals surface area contributed by atoms with E-state index in [1.54, 1.807) is 37.3 Å². The molecule has 1 aromatic heterocycles. The normalized spacial score (nSPS) is 15.2. The predicted molar refractivity (Wildman–Crippen MR) is 206 cm³/mol. The molecule has 5 rings (SSSR count). The number of aromatic nitrogens is 1. The molecule has 1 aliphatic heterocycles. The van der Waals surface area contributed by atoms with Crippen molar-refractivity contribution < 1.29 is 33.4 Å². The third-order valence-electron chi connectivity index (χ3n) is 9.60. The van der Waals surface area contributed by atoms with Gasteiger partial charge in [-0.3, -0.25) is 19.3 Å². The number of nitriles is 1. The molecule has 1 saturated heterocycles. The van der Waals surface area contributed by atoms with E-state index in [1.807, 2.05) is 42.3 Å². The molecule has 3 aromatic carbocycles. The maximum atomic E-state index is 13.6. The Balaban J connectivity index is 1.25. The number of Topliss-reactive ketones (excluding diaryl/α,β-unsaturated/α-hetero) is 1. The van der Waals surface area contributed by atoms with Crippen LogP contribution in [0.25, 0.3) is 11.1 Å². The SMILES string of the molecule is CCC(C(=O)Cc1ccc(C(=O)OC[C@H](NC(=O)C2CCCCN2C)C(=O)OCc2ccccc2)cc1)n1cc(OC)c(-c2cc(Cl)ccc2C#N)cc1=O. The molecular weight excluding hydrogens is 724 g/mol. The summed E-state index contributed by atoms with van der Waals surface area (Å²) < 4.78 is 17.9. The van der Waals surface area contributed by atoms with Gasteiger partial charge in [0.2, 0.25) is 5.91 Å². The summed E-state index contributed by atoms with van der Waals surface area (Å²) in [4.78, 5) is 68.4. The fourth-order valence-electron chi connectivity index (χ4n) is 6.55. The minimum Gasteiger partial charge on any atom is -0.495 e. The second-order valence-corrected chi connectivity index (χ2v) is 13.7. The Bertz CT molecular complexity index is 2110. The van der Waals surface area contributed by atoms with E-state index < -0.39 is 42.2 Å². The number of likely N-dealkylation sites (N-methyl/N-ethyl adjacent to an activating group) is 1. The van der Waals surface area contributed by atoms with E-state index in [9.17, 15) is 29.2 Å². The zero-order chi connectivity index (χ0) is 39.5. The van der Waals surface area contributed by atoms with Gasteiger partial charge in [-0.05, 0) is 74.3 Å². The van der Waals surface area contributed by atoms with E-state index in [-0.39, 0.29) is 30.3 Å². The highest BCUT2D eigenvalue weighted by atomic mass is 35.5. The molecule has 4 aromatic rings. The Morgan fingerprint density at radius 1 is 0.964 bits per heavy atom. The minimum atomic E-state index is -1.23. The van der Waals surface area contributed by atoms with Crippen molar-refractivity contribution >= 4 is 35.2 Å². The monoisotopic (exact) mass is 766 g/mol. The number of ether oxygens (including phenoxy) is 3. The highest BCUT2D eigenvalue weighted by Crippen LogP contribution is 2.33. The molecule has 0 aliphatic carbocycles. The van der Waals surface area contributed by atoms with Crippen molar-refractivity contribution in [3.05, 3.63) is 123 Å². The number of piperidine rings is 1. The van der Waals surface area contributed by atoms with Gasteiger partial charge in [-0.2, -0.15) is 5.26 Å². The summed E-state index contributed by atoms with van der Waals surface area (Å²) >= 11 is 6.19. The third kappa shape index (κ3) is 10.3. The smallest absolute Gasteiger partial charge is 0.338 e. The molecule has 1 fully saturated rings. The number of nitrogens with one attached hydrogen (secondary N) is 1. The van der Waals surface area contributed by atoms with Crippen LogP contribution in [0.5, 0.6) is 5.75 Å². The van der Waals surface area contributed by atoms with Gasteiger partial charge in [0, 0.05) is 28.6 Å². The van der Waals surface area contributed by atoms with Gasteiger partial charge in [0.15, 0.2) is 11.8 Å². The number of amides is 1. The first-order chi connectivity index (χ1) is 26.5. The number of rotatable bonds is 15. The van der Waals surface area contributed by atoms with Crippen LogP contribution in [0, 0.1) is 11.3 Å². The molecule has 2 heterocycles. The van der Waals surface area contributed by atoms with Gasteiger partial charge in [0.1, 0.15) is 19.0 Å². The predicted octanol–water partition coefficient (Wildman–Crippen LogP) is 5.68. The lowest BCUT2D eigenvalue weighted by Crippen LogP contribution is -2.53. The van der Waals surface area contributed by atoms with Crippen LogP contribution < -0.4 is 15.6 Å². The number of hydrogen-bond acceptors (Lipinski definition) is 10. The third-order valence-corrected chi connectivity index (χ3v) is 9.83. The molecule has 13 heteroatoms. The van der Waals surface area contributed by atoms with E-state index in [0.29, 0.717) is 45.9 Å². The van der Waals surface area contributed by atoms with E-state index in [4.69, 9.17) is 25.8 Å². The first kappa shape index (κ1) is 40.4. The van der Waals surface area contributed by atoms with E-state index in [0.717, 1.165) is 24.9 Å². The maximum absolute atomic E-state index is 13.6. The fourth-order valence-corrected chi connectivity index (χ4v) is 6.73. The van der Waals surface area contributed by atoms with Crippen LogP contribution in [0.3, 0.4) is 0 Å². The number of esters is 2. The number of carbonyl (C=O) groups is 4. The average Bonchev–Trinajstić information content (AvgIpc) is 3.19. The van der Waals surface area contributed by atoms with E-state index in [1.165, 1.54) is 36.1 Å². The number of methoxy groups -OCH3 is 1. The Kier molecular flexibility index (Phi) is 14.0. The van der Waals surface area contributed by atoms with Crippen LogP contribution in [-0.4, -0.2) is 72.5 Å². The largest absolute Gasteiger partial charge is 0.495 e. The molecule has 1 amide bonds. The van der Waals surface area contributed by atoms with Crippen LogP contribution in [0.1, 0.15) is 65.7 Å². The number of benzene rings is 3. The molecule has 0 radical (unpaired) electrons. The molecule has 0 saturated carbocycles. The van der Waals surface area contributed by atoms with E-state index in [2.05, 4.69) is 11.4 Å². The van der Waals surface area contributed by atoms with Gasteiger partial charge in [0.25, 0.3) is 5.56 Å². The lowest BCUT2D eigenvalue weighted by molar-refractivity contribution is -0.151. The molecule has 0 bridgehead atoms. The van der Waals surface area contributed by atoms with Crippen LogP contribution in [-0.2, 0) is 36.9 Å². The van der Waals surface area contributed by atoms with Crippen LogP contribution in [0.15, 0.2) is 89.9 Å². The Hall–Kier alpha value is -5.77. The lowest BCUT2D eigenvalue weighted by atomic mass is 9.98. The number of carbonyl (C=O) groups excluding carboxylic acids is 4. The van der Waals surface area contributed by atoms with Gasteiger partial charge in [-0.15, -0.1) is 0 Å². The van der Waals surface area contributed by atoms with Gasteiger partial charge in [0.05, 0.1) is 42.6 Å². The first-order valence-corrected chi connectivity index (χ1v) is 18.4. The zero-order valence-electron chi connectivity index (χ0n) is 31.0. The quantitative estimate of drug-likeness (QED) is 0.149. The van der Waals surface area contributed by atoms with Crippen LogP contribution in [0.4, 0.5) is 0 Å². The summed E-state index contributed by atoms with van der Waals surface area (Å²) in [6.07, 6.45) is 4.26. The number of hydrogen-bond donors (Lipinski definition) is 1. The molecule has 1 N–H and O–H groups in total. The summed E-state index contributed by atoms with van der Waals surface area (Å²) in [5, 5.41) is 12.7. The van der Waals surface area contributed by atoms with Gasteiger partial charge in [-0.1, -0.05) is 67.4 Å². The number of likely N-dealkylation sites (tertiary alicyclic amines) is 1. The second kappa shape index (κ2) is 19.0. The number of halogens is 1. The fraction of sp³-hybridized carbons (Fsp3) is 0.333. The topological polar surface area (TPSA) is 157 Å². The Morgan fingerprint density at radius 2 is 1.71 bits per heavy atom. The zero-order valence-corrected chi connectivity index (χ0v) is 31.7. The summed E-state index contributed by atoms with van der Waals surface area (Å²) in [5.41, 5.74) is 2.20. The van der Waals surface area contributed by atoms with Crippen molar-refractivity contribution in [1.82, 2.24) is 14.8 Å². The Morgan fingerprint density at radius 3 is 2.38 bits per heavy atom. The molecule has 3 atom stereocenters. The molecule has 0 spiro atoms. The minimum absolute atomic E-state index is 0.0118. The highest BCUT2D eigenvalue weighted by Gasteiger charge is 2.31. The summed E-state index contributed by atoms with van der Waals surface area (Å²) in [5.74, 6) is -1.76. The standard InChI is InChI=1S/C42H43ClN4O8/c1-4-35(47-24-38(53-3)33(22-39(47)49)32-21-31(43)18-17-30(32)23-44)37(48)20-27-13-15-29(16-14-27)41(51)55-26-34(42(52)54-25-28-10-6-5-7-11-28)45-40(50)36-12-8-9-19-46(36)2/h5-7,10-11,13-18,21-22,24,34-36H,4,8-9,12,19-20,25-26H2,1-3H3,(H,45,50)/t34-,35?,36?/m0/s1. The number of nitrogens with zero attached hydrogens (tertiary/aromatic N) is 3. The highest BCUT2D eigenvalue weighted by molar-refractivity contribution is 6.31.